The third-order valence-electron chi connectivity index (χ3n) is 4.98. The number of ether oxygens (including phenoxy) is 1. The van der Waals surface area contributed by atoms with Gasteiger partial charge in [0.25, 0.3) is 11.8 Å². The molecule has 5 N–H and O–H groups in total. The van der Waals surface area contributed by atoms with E-state index in [9.17, 15) is 14.4 Å². The number of nitrogens with two attached hydrogens (primary N) is 2. The molecule has 1 aromatic carbocycles. The van der Waals surface area contributed by atoms with Crippen molar-refractivity contribution in [2.75, 3.05) is 12.8 Å². The van der Waals surface area contributed by atoms with Gasteiger partial charge in [-0.2, -0.15) is 4.37 Å². The van der Waals surface area contributed by atoms with E-state index in [-0.39, 0.29) is 22.8 Å². The fourth-order valence-corrected chi connectivity index (χ4v) is 4.19. The Morgan fingerprint density at radius 1 is 1.17 bits per heavy atom. The Labute approximate surface area is 207 Å². The standard InChI is InChI=1S/C24H28N6O4S/c1-24(2,3)28-22(32)19(15-7-9-16(34-4)10-8-15)30(13-14-6-5-11-27-12-14)23(33)20-17(25)18(21(26)31)29-35-20/h5-12,19H,13,25H2,1-4H3,(H2,26,31)(H,28,32)/t19-/m1/s1. The lowest BCUT2D eigenvalue weighted by Gasteiger charge is -2.33. The van der Waals surface area contributed by atoms with Crippen molar-refractivity contribution >= 4 is 34.9 Å². The molecule has 2 aromatic heterocycles. The Kier molecular flexibility index (Phi) is 7.70. The first-order valence-electron chi connectivity index (χ1n) is 10.7. The van der Waals surface area contributed by atoms with Gasteiger partial charge in [0.05, 0.1) is 12.8 Å². The van der Waals surface area contributed by atoms with E-state index in [1.807, 2.05) is 20.8 Å². The number of pyridine rings is 1. The van der Waals surface area contributed by atoms with Crippen LogP contribution in [0.15, 0.2) is 48.8 Å². The lowest BCUT2D eigenvalue weighted by atomic mass is 10.0. The van der Waals surface area contributed by atoms with Crippen molar-refractivity contribution in [3.8, 4) is 5.75 Å². The van der Waals surface area contributed by atoms with Gasteiger partial charge in [-0.3, -0.25) is 19.4 Å². The molecule has 0 spiro atoms. The molecule has 2 heterocycles. The summed E-state index contributed by atoms with van der Waals surface area (Å²) in [4.78, 5) is 44.7. The summed E-state index contributed by atoms with van der Waals surface area (Å²) >= 11 is 0.761. The molecule has 0 saturated carbocycles. The lowest BCUT2D eigenvalue weighted by Crippen LogP contribution is -2.49. The van der Waals surface area contributed by atoms with Gasteiger partial charge in [0, 0.05) is 24.5 Å². The maximum Gasteiger partial charge on any atom is 0.270 e. The summed E-state index contributed by atoms with van der Waals surface area (Å²) in [6.45, 7) is 5.60. The maximum atomic E-state index is 13.9. The number of hydrogen-bond donors (Lipinski definition) is 3. The molecule has 1 atom stereocenters. The number of nitrogens with one attached hydrogen (secondary N) is 1. The second kappa shape index (κ2) is 10.5. The minimum absolute atomic E-state index is 0.0183. The van der Waals surface area contributed by atoms with Crippen LogP contribution in [-0.2, 0) is 11.3 Å². The quantitative estimate of drug-likeness (QED) is 0.433. The van der Waals surface area contributed by atoms with Crippen LogP contribution in [0.4, 0.5) is 5.69 Å². The average Bonchev–Trinajstić information content (AvgIpc) is 3.19. The second-order valence-corrected chi connectivity index (χ2v) is 9.62. The van der Waals surface area contributed by atoms with E-state index in [0.717, 1.165) is 11.5 Å². The zero-order chi connectivity index (χ0) is 25.8. The number of rotatable bonds is 8. The Bertz CT molecular complexity index is 1210. The highest BCUT2D eigenvalue weighted by Gasteiger charge is 2.36. The zero-order valence-corrected chi connectivity index (χ0v) is 20.8. The molecule has 0 bridgehead atoms. The van der Waals surface area contributed by atoms with E-state index in [1.54, 1.807) is 55.9 Å². The number of nitrogen functional groups attached to an aromatic ring is 1. The SMILES string of the molecule is COc1ccc([C@H](C(=O)NC(C)(C)C)N(Cc2cccnc2)C(=O)c2snc(C(N)=O)c2N)cc1. The van der Waals surface area contributed by atoms with Crippen LogP contribution in [0.3, 0.4) is 0 Å². The predicted octanol–water partition coefficient (Wildman–Crippen LogP) is 2.53. The van der Waals surface area contributed by atoms with Gasteiger partial charge in [-0.25, -0.2) is 0 Å². The van der Waals surface area contributed by atoms with Gasteiger partial charge in [0.1, 0.15) is 16.7 Å². The summed E-state index contributed by atoms with van der Waals surface area (Å²) in [5.41, 5.74) is 11.8. The first-order chi connectivity index (χ1) is 16.5. The Hall–Kier alpha value is -3.99. The summed E-state index contributed by atoms with van der Waals surface area (Å²) in [5.74, 6) is -1.19. The highest BCUT2D eigenvalue weighted by molar-refractivity contribution is 7.09. The first-order valence-corrected chi connectivity index (χ1v) is 11.5. The monoisotopic (exact) mass is 496 g/mol. The second-order valence-electron chi connectivity index (χ2n) is 8.85. The smallest absolute Gasteiger partial charge is 0.270 e. The van der Waals surface area contributed by atoms with Crippen LogP contribution in [-0.4, -0.2) is 44.6 Å². The van der Waals surface area contributed by atoms with Crippen molar-refractivity contribution in [3.63, 3.8) is 0 Å². The van der Waals surface area contributed by atoms with Crippen molar-refractivity contribution in [3.05, 3.63) is 70.5 Å². The van der Waals surface area contributed by atoms with E-state index in [2.05, 4.69) is 14.7 Å². The van der Waals surface area contributed by atoms with Crippen LogP contribution in [0.1, 0.15) is 58.1 Å². The van der Waals surface area contributed by atoms with Crippen molar-refractivity contribution in [1.29, 1.82) is 0 Å². The number of carbonyl (C=O) groups excluding carboxylic acids is 3. The van der Waals surface area contributed by atoms with E-state index in [1.165, 1.54) is 4.90 Å². The molecule has 0 fully saturated rings. The van der Waals surface area contributed by atoms with Gasteiger partial charge in [0.2, 0.25) is 5.91 Å². The third kappa shape index (κ3) is 6.12. The number of primary amides is 1. The molecule has 184 valence electrons. The molecule has 0 saturated heterocycles. The molecule has 3 rings (SSSR count). The van der Waals surface area contributed by atoms with Gasteiger partial charge < -0.3 is 26.4 Å². The molecule has 0 aliphatic carbocycles. The molecule has 3 aromatic rings. The molecule has 0 aliphatic heterocycles. The van der Waals surface area contributed by atoms with Crippen molar-refractivity contribution in [2.24, 2.45) is 5.73 Å². The summed E-state index contributed by atoms with van der Waals surface area (Å²) in [7, 11) is 1.54. The number of aromatic nitrogens is 2. The van der Waals surface area contributed by atoms with Crippen molar-refractivity contribution in [1.82, 2.24) is 19.6 Å². The summed E-state index contributed by atoms with van der Waals surface area (Å²) in [6.07, 6.45) is 3.22. The van der Waals surface area contributed by atoms with E-state index in [0.29, 0.717) is 16.9 Å². The van der Waals surface area contributed by atoms with Crippen molar-refractivity contribution < 1.29 is 19.1 Å². The lowest BCUT2D eigenvalue weighted by molar-refractivity contribution is -0.127. The molecule has 11 heteroatoms. The molecule has 0 radical (unpaired) electrons. The van der Waals surface area contributed by atoms with E-state index >= 15 is 0 Å². The highest BCUT2D eigenvalue weighted by Crippen LogP contribution is 2.31. The number of anilines is 1. The normalized spacial score (nSPS) is 12.0. The fraction of sp³-hybridized carbons (Fsp3) is 0.292. The van der Waals surface area contributed by atoms with Gasteiger partial charge in [-0.05, 0) is 61.6 Å². The van der Waals surface area contributed by atoms with Crippen LogP contribution in [0.2, 0.25) is 0 Å². The summed E-state index contributed by atoms with van der Waals surface area (Å²) < 4.78 is 9.20. The highest BCUT2D eigenvalue weighted by atomic mass is 32.1. The first kappa shape index (κ1) is 25.6. The topological polar surface area (TPSA) is 154 Å². The molecular weight excluding hydrogens is 468 g/mol. The number of nitrogens with zero attached hydrogens (tertiary/aromatic N) is 3. The Morgan fingerprint density at radius 3 is 2.37 bits per heavy atom. The van der Waals surface area contributed by atoms with E-state index < -0.39 is 29.3 Å². The van der Waals surface area contributed by atoms with Gasteiger partial charge in [-0.1, -0.05) is 18.2 Å². The van der Waals surface area contributed by atoms with Gasteiger partial charge >= 0.3 is 0 Å². The summed E-state index contributed by atoms with van der Waals surface area (Å²) in [5, 5.41) is 2.96. The molecule has 35 heavy (non-hydrogen) atoms. The van der Waals surface area contributed by atoms with E-state index in [4.69, 9.17) is 16.2 Å². The third-order valence-corrected chi connectivity index (χ3v) is 5.83. The number of hydrogen-bond acceptors (Lipinski definition) is 8. The molecule has 10 nitrogen and oxygen atoms in total. The Morgan fingerprint density at radius 2 is 1.86 bits per heavy atom. The number of amides is 3. The average molecular weight is 497 g/mol. The van der Waals surface area contributed by atoms with Crippen LogP contribution < -0.4 is 21.5 Å². The number of carbonyl (C=O) groups is 3. The number of benzene rings is 1. The van der Waals surface area contributed by atoms with Gasteiger partial charge in [0.15, 0.2) is 5.69 Å². The molecule has 0 unspecified atom stereocenters. The van der Waals surface area contributed by atoms with Crippen molar-refractivity contribution in [2.45, 2.75) is 38.9 Å². The van der Waals surface area contributed by atoms with Crippen LogP contribution in [0, 0.1) is 0 Å². The summed E-state index contributed by atoms with van der Waals surface area (Å²) in [6, 6.07) is 9.37. The Balaban J connectivity index is 2.15. The maximum absolute atomic E-state index is 13.9. The minimum Gasteiger partial charge on any atom is -0.497 e. The molecule has 3 amide bonds. The fourth-order valence-electron chi connectivity index (χ4n) is 3.43. The number of methoxy groups -OCH3 is 1. The molecular formula is C24H28N6O4S. The van der Waals surface area contributed by atoms with Crippen LogP contribution in [0.5, 0.6) is 5.75 Å². The largest absolute Gasteiger partial charge is 0.497 e. The minimum atomic E-state index is -1.04. The zero-order valence-electron chi connectivity index (χ0n) is 19.9. The predicted molar refractivity (Wildman–Crippen MR) is 133 cm³/mol. The van der Waals surface area contributed by atoms with Crippen LogP contribution >= 0.6 is 11.5 Å². The van der Waals surface area contributed by atoms with Gasteiger partial charge in [-0.15, -0.1) is 0 Å². The van der Waals surface area contributed by atoms with Crippen LogP contribution in [0.25, 0.3) is 0 Å². The molecule has 0 aliphatic rings.